The summed E-state index contributed by atoms with van der Waals surface area (Å²) < 4.78 is 16.9. The summed E-state index contributed by atoms with van der Waals surface area (Å²) in [7, 11) is 3.20. The number of carbonyl (C=O) groups is 1. The Kier molecular flexibility index (Phi) is 5.00. The van der Waals surface area contributed by atoms with Crippen LogP contribution in [0.5, 0.6) is 17.4 Å². The van der Waals surface area contributed by atoms with Crippen LogP contribution >= 0.6 is 0 Å². The molecule has 0 spiro atoms. The summed E-state index contributed by atoms with van der Waals surface area (Å²) in [4.78, 5) is 24.1. The topological polar surface area (TPSA) is 98.4 Å². The van der Waals surface area contributed by atoms with Gasteiger partial charge in [0.15, 0.2) is 11.5 Å². The van der Waals surface area contributed by atoms with Crippen LogP contribution in [0.1, 0.15) is 19.2 Å². The molecule has 152 valence electrons. The molecule has 0 unspecified atom stereocenters. The SMILES string of the molecule is COc1ccc(-c2cc3nc(C)[nH]c3c(O[C@H](C)[C@H]3CNC(=O)C3)n2)cc1OC. The number of pyridine rings is 1. The Morgan fingerprint density at radius 3 is 2.62 bits per heavy atom. The highest BCUT2D eigenvalue weighted by molar-refractivity contribution is 5.84. The predicted octanol–water partition coefficient (Wildman–Crippen LogP) is 2.85. The minimum absolute atomic E-state index is 0.0556. The molecule has 2 aromatic heterocycles. The first-order valence-corrected chi connectivity index (χ1v) is 9.51. The number of imidazole rings is 1. The molecule has 8 nitrogen and oxygen atoms in total. The third-order valence-corrected chi connectivity index (χ3v) is 5.21. The smallest absolute Gasteiger partial charge is 0.240 e. The van der Waals surface area contributed by atoms with Crippen molar-refractivity contribution in [3.63, 3.8) is 0 Å². The van der Waals surface area contributed by atoms with E-state index in [1.54, 1.807) is 14.2 Å². The van der Waals surface area contributed by atoms with Gasteiger partial charge in [-0.3, -0.25) is 4.79 Å². The third-order valence-electron chi connectivity index (χ3n) is 5.21. The first-order chi connectivity index (χ1) is 14.0. The molecule has 29 heavy (non-hydrogen) atoms. The number of benzene rings is 1. The number of hydrogen-bond acceptors (Lipinski definition) is 6. The maximum atomic E-state index is 11.6. The number of hydrogen-bond donors (Lipinski definition) is 2. The monoisotopic (exact) mass is 396 g/mol. The maximum absolute atomic E-state index is 11.6. The van der Waals surface area contributed by atoms with Gasteiger partial charge in [0.2, 0.25) is 11.8 Å². The summed E-state index contributed by atoms with van der Waals surface area (Å²) >= 11 is 0. The van der Waals surface area contributed by atoms with Crippen molar-refractivity contribution < 1.29 is 19.0 Å². The summed E-state index contributed by atoms with van der Waals surface area (Å²) in [5.74, 6) is 2.68. The Balaban J connectivity index is 1.73. The van der Waals surface area contributed by atoms with Crippen LogP contribution in [0.4, 0.5) is 0 Å². The van der Waals surface area contributed by atoms with Crippen molar-refractivity contribution in [1.29, 1.82) is 0 Å². The molecule has 1 amide bonds. The average Bonchev–Trinajstić information content (AvgIpc) is 3.32. The largest absolute Gasteiger partial charge is 0.493 e. The lowest BCUT2D eigenvalue weighted by atomic mass is 10.0. The third kappa shape index (κ3) is 3.70. The fourth-order valence-electron chi connectivity index (χ4n) is 3.56. The van der Waals surface area contributed by atoms with Crippen LogP contribution in [0, 0.1) is 12.8 Å². The number of rotatable bonds is 6. The molecular formula is C21H24N4O4. The molecule has 4 rings (SSSR count). The van der Waals surface area contributed by atoms with Crippen LogP contribution in [0.15, 0.2) is 24.3 Å². The fraction of sp³-hybridized carbons (Fsp3) is 0.381. The second kappa shape index (κ2) is 7.62. The molecule has 0 aliphatic carbocycles. The lowest BCUT2D eigenvalue weighted by Gasteiger charge is -2.19. The van der Waals surface area contributed by atoms with Crippen LogP contribution in [0.3, 0.4) is 0 Å². The molecule has 8 heteroatoms. The molecule has 0 bridgehead atoms. The Morgan fingerprint density at radius 2 is 1.93 bits per heavy atom. The Bertz CT molecular complexity index is 1060. The van der Waals surface area contributed by atoms with Gasteiger partial charge in [-0.05, 0) is 38.1 Å². The van der Waals surface area contributed by atoms with E-state index < -0.39 is 0 Å². The Labute approximate surface area is 168 Å². The van der Waals surface area contributed by atoms with Gasteiger partial charge in [-0.1, -0.05) is 0 Å². The lowest BCUT2D eigenvalue weighted by Crippen LogP contribution is -2.26. The number of amides is 1. The number of H-pyrrole nitrogens is 1. The van der Waals surface area contributed by atoms with E-state index in [2.05, 4.69) is 15.3 Å². The molecule has 0 radical (unpaired) electrons. The van der Waals surface area contributed by atoms with E-state index in [0.29, 0.717) is 36.0 Å². The molecule has 1 aliphatic heterocycles. The van der Waals surface area contributed by atoms with Crippen LogP contribution in [0.2, 0.25) is 0 Å². The summed E-state index contributed by atoms with van der Waals surface area (Å²) in [5, 5.41) is 2.85. The van der Waals surface area contributed by atoms with Gasteiger partial charge in [-0.15, -0.1) is 0 Å². The molecule has 3 heterocycles. The van der Waals surface area contributed by atoms with Gasteiger partial charge in [0.1, 0.15) is 17.4 Å². The van der Waals surface area contributed by atoms with Crippen molar-refractivity contribution in [3.05, 3.63) is 30.1 Å². The molecule has 0 saturated carbocycles. The van der Waals surface area contributed by atoms with Gasteiger partial charge in [0, 0.05) is 24.4 Å². The molecule has 1 saturated heterocycles. The van der Waals surface area contributed by atoms with Crippen LogP contribution in [0.25, 0.3) is 22.3 Å². The summed E-state index contributed by atoms with van der Waals surface area (Å²) in [6, 6.07) is 7.55. The van der Waals surface area contributed by atoms with Gasteiger partial charge in [-0.2, -0.15) is 0 Å². The number of aromatic nitrogens is 3. The molecule has 2 atom stereocenters. The zero-order valence-electron chi connectivity index (χ0n) is 16.9. The van der Waals surface area contributed by atoms with Crippen molar-refractivity contribution in [1.82, 2.24) is 20.3 Å². The summed E-state index contributed by atoms with van der Waals surface area (Å²) in [6.07, 6.45) is 0.288. The number of aryl methyl sites for hydroxylation is 1. The zero-order chi connectivity index (χ0) is 20.5. The number of aromatic amines is 1. The van der Waals surface area contributed by atoms with Gasteiger partial charge >= 0.3 is 0 Å². The second-order valence-corrected chi connectivity index (χ2v) is 7.19. The number of ether oxygens (including phenoxy) is 3. The first-order valence-electron chi connectivity index (χ1n) is 9.51. The highest BCUT2D eigenvalue weighted by Gasteiger charge is 2.29. The predicted molar refractivity (Wildman–Crippen MR) is 108 cm³/mol. The van der Waals surface area contributed by atoms with E-state index >= 15 is 0 Å². The van der Waals surface area contributed by atoms with Gasteiger partial charge in [-0.25, -0.2) is 9.97 Å². The Morgan fingerprint density at radius 1 is 1.14 bits per heavy atom. The number of methoxy groups -OCH3 is 2. The van der Waals surface area contributed by atoms with Crippen molar-refractivity contribution in [2.24, 2.45) is 5.92 Å². The molecule has 2 N–H and O–H groups in total. The zero-order valence-corrected chi connectivity index (χ0v) is 16.9. The standard InChI is InChI=1S/C21H24N4O4/c1-11(14-8-19(26)22-10-14)29-21-20-16(23-12(2)24-20)9-15(25-21)13-5-6-17(27-3)18(7-13)28-4/h5-7,9,11,14H,8,10H2,1-4H3,(H,22,26)(H,23,24)/t11-,14-/m1/s1. The van der Waals surface area contributed by atoms with Crippen LogP contribution in [-0.2, 0) is 4.79 Å². The van der Waals surface area contributed by atoms with E-state index in [0.717, 1.165) is 22.4 Å². The maximum Gasteiger partial charge on any atom is 0.240 e. The van der Waals surface area contributed by atoms with Crippen molar-refractivity contribution >= 4 is 16.9 Å². The van der Waals surface area contributed by atoms with E-state index in [1.807, 2.05) is 38.1 Å². The minimum atomic E-state index is -0.172. The normalized spacial score (nSPS) is 17.2. The number of nitrogens with one attached hydrogen (secondary N) is 2. The summed E-state index contributed by atoms with van der Waals surface area (Å²) in [5.41, 5.74) is 3.09. The molecule has 1 aliphatic rings. The number of carbonyl (C=O) groups excluding carboxylic acids is 1. The fourth-order valence-corrected chi connectivity index (χ4v) is 3.56. The highest BCUT2D eigenvalue weighted by atomic mass is 16.5. The second-order valence-electron chi connectivity index (χ2n) is 7.19. The number of nitrogens with zero attached hydrogens (tertiary/aromatic N) is 2. The van der Waals surface area contributed by atoms with Crippen molar-refractivity contribution in [2.75, 3.05) is 20.8 Å². The van der Waals surface area contributed by atoms with Gasteiger partial charge in [0.05, 0.1) is 25.4 Å². The van der Waals surface area contributed by atoms with Crippen LogP contribution in [-0.4, -0.2) is 47.7 Å². The van der Waals surface area contributed by atoms with Crippen molar-refractivity contribution in [2.45, 2.75) is 26.4 Å². The average molecular weight is 396 g/mol. The van der Waals surface area contributed by atoms with E-state index in [9.17, 15) is 4.79 Å². The van der Waals surface area contributed by atoms with Crippen molar-refractivity contribution in [3.8, 4) is 28.6 Å². The first kappa shape index (κ1) is 19.0. The molecular weight excluding hydrogens is 372 g/mol. The van der Waals surface area contributed by atoms with Crippen LogP contribution < -0.4 is 19.5 Å². The minimum Gasteiger partial charge on any atom is -0.493 e. The van der Waals surface area contributed by atoms with Gasteiger partial charge in [0.25, 0.3) is 0 Å². The lowest BCUT2D eigenvalue weighted by molar-refractivity contribution is -0.119. The van der Waals surface area contributed by atoms with E-state index in [1.165, 1.54) is 0 Å². The summed E-state index contributed by atoms with van der Waals surface area (Å²) in [6.45, 7) is 4.47. The molecule has 1 aromatic carbocycles. The highest BCUT2D eigenvalue weighted by Crippen LogP contribution is 2.34. The quantitative estimate of drug-likeness (QED) is 0.665. The number of fused-ring (bicyclic) bond motifs is 1. The molecule has 3 aromatic rings. The van der Waals surface area contributed by atoms with E-state index in [4.69, 9.17) is 19.2 Å². The van der Waals surface area contributed by atoms with Gasteiger partial charge < -0.3 is 24.5 Å². The van der Waals surface area contributed by atoms with E-state index in [-0.39, 0.29) is 17.9 Å². The Hall–Kier alpha value is -3.29. The molecule has 1 fully saturated rings.